The van der Waals surface area contributed by atoms with E-state index in [4.69, 9.17) is 14.2 Å². The Hall–Kier alpha value is -4.43. The molecule has 0 N–H and O–H groups in total. The number of fused-ring (bicyclic) bond motifs is 1. The van der Waals surface area contributed by atoms with Crippen LogP contribution in [0.5, 0.6) is 11.5 Å². The Morgan fingerprint density at radius 3 is 2.29 bits per heavy atom. The van der Waals surface area contributed by atoms with Crippen LogP contribution in [0, 0.1) is 0 Å². The predicted molar refractivity (Wildman–Crippen MR) is 160 cm³/mol. The first kappa shape index (κ1) is 28.1. The molecule has 3 aromatic carbocycles. The first-order valence-corrected chi connectivity index (χ1v) is 14.4. The van der Waals surface area contributed by atoms with Crippen molar-refractivity contribution in [1.82, 2.24) is 4.57 Å². The Morgan fingerprint density at radius 2 is 1.63 bits per heavy atom. The lowest BCUT2D eigenvalue weighted by molar-refractivity contribution is -0.143. The molecule has 5 rings (SSSR count). The zero-order valence-corrected chi connectivity index (χ0v) is 24.3. The topological polar surface area (TPSA) is 79.1 Å². The fourth-order valence-electron chi connectivity index (χ4n) is 4.64. The van der Waals surface area contributed by atoms with Gasteiger partial charge in [0.1, 0.15) is 18.1 Å². The maximum absolute atomic E-state index is 13.9. The molecule has 0 bridgehead atoms. The molecule has 0 amide bonds. The summed E-state index contributed by atoms with van der Waals surface area (Å²) in [5, 5.41) is 0. The SMILES string of the molecule is CCOc1ccc([C@@H]2C(C(=O)OC(C)C)=C(C)N=c3s/c(=C/c4ccc(OCc5ccccc5)cc4)c(=O)n32)cc1. The molecule has 2 heterocycles. The van der Waals surface area contributed by atoms with E-state index in [9.17, 15) is 9.59 Å². The Kier molecular flexibility index (Phi) is 8.50. The normalized spacial score (nSPS) is 15.0. The molecule has 8 heteroatoms. The molecule has 1 atom stereocenters. The average molecular weight is 569 g/mol. The van der Waals surface area contributed by atoms with Gasteiger partial charge in [0, 0.05) is 0 Å². The highest BCUT2D eigenvalue weighted by Gasteiger charge is 2.33. The van der Waals surface area contributed by atoms with Crippen LogP contribution >= 0.6 is 11.3 Å². The summed E-state index contributed by atoms with van der Waals surface area (Å²) in [6.45, 7) is 8.32. The Morgan fingerprint density at radius 1 is 0.976 bits per heavy atom. The van der Waals surface area contributed by atoms with Crippen LogP contribution in [-0.2, 0) is 16.1 Å². The van der Waals surface area contributed by atoms with Gasteiger partial charge in [0.25, 0.3) is 5.56 Å². The first-order valence-electron chi connectivity index (χ1n) is 13.6. The lowest BCUT2D eigenvalue weighted by Crippen LogP contribution is -2.40. The van der Waals surface area contributed by atoms with Crippen molar-refractivity contribution in [2.75, 3.05) is 6.61 Å². The molecular formula is C33H32N2O5S. The summed E-state index contributed by atoms with van der Waals surface area (Å²) in [4.78, 5) is 32.3. The number of rotatable bonds is 9. The predicted octanol–water partition coefficient (Wildman–Crippen LogP) is 5.16. The van der Waals surface area contributed by atoms with Gasteiger partial charge in [-0.25, -0.2) is 9.79 Å². The van der Waals surface area contributed by atoms with Crippen molar-refractivity contribution in [3.63, 3.8) is 0 Å². The van der Waals surface area contributed by atoms with E-state index in [0.29, 0.717) is 39.6 Å². The van der Waals surface area contributed by atoms with Crippen molar-refractivity contribution >= 4 is 23.4 Å². The van der Waals surface area contributed by atoms with Gasteiger partial charge in [0.05, 0.1) is 34.6 Å². The van der Waals surface area contributed by atoms with Gasteiger partial charge in [0.15, 0.2) is 4.80 Å². The number of carbonyl (C=O) groups excluding carboxylic acids is 1. The molecule has 4 aromatic rings. The summed E-state index contributed by atoms with van der Waals surface area (Å²) in [5.74, 6) is 0.972. The second-order valence-corrected chi connectivity index (χ2v) is 10.9. The van der Waals surface area contributed by atoms with Crippen LogP contribution < -0.4 is 24.4 Å². The zero-order valence-electron chi connectivity index (χ0n) is 23.5. The molecule has 1 aromatic heterocycles. The maximum Gasteiger partial charge on any atom is 0.338 e. The number of allylic oxidation sites excluding steroid dienone is 1. The fraction of sp³-hybridized carbons (Fsp3) is 0.242. The second-order valence-electron chi connectivity index (χ2n) is 9.88. The third-order valence-electron chi connectivity index (χ3n) is 6.52. The maximum atomic E-state index is 13.9. The Bertz CT molecular complexity index is 1730. The third-order valence-corrected chi connectivity index (χ3v) is 7.50. The van der Waals surface area contributed by atoms with E-state index in [1.807, 2.05) is 91.9 Å². The molecule has 1 aliphatic heterocycles. The monoisotopic (exact) mass is 568 g/mol. The molecule has 7 nitrogen and oxygen atoms in total. The van der Waals surface area contributed by atoms with Crippen LogP contribution in [-0.4, -0.2) is 23.2 Å². The lowest BCUT2D eigenvalue weighted by atomic mass is 9.96. The molecule has 0 saturated carbocycles. The van der Waals surface area contributed by atoms with E-state index in [0.717, 1.165) is 22.4 Å². The number of ether oxygens (including phenoxy) is 3. The molecule has 0 spiro atoms. The van der Waals surface area contributed by atoms with Gasteiger partial charge in [-0.15, -0.1) is 0 Å². The van der Waals surface area contributed by atoms with Crippen LogP contribution in [0.4, 0.5) is 0 Å². The summed E-state index contributed by atoms with van der Waals surface area (Å²) < 4.78 is 19.2. The molecule has 0 unspecified atom stereocenters. The molecule has 0 fully saturated rings. The highest BCUT2D eigenvalue weighted by molar-refractivity contribution is 7.07. The van der Waals surface area contributed by atoms with E-state index >= 15 is 0 Å². The van der Waals surface area contributed by atoms with Crippen molar-refractivity contribution in [2.45, 2.75) is 46.4 Å². The minimum absolute atomic E-state index is 0.223. The molecule has 210 valence electrons. The van der Waals surface area contributed by atoms with Gasteiger partial charge in [-0.3, -0.25) is 9.36 Å². The van der Waals surface area contributed by atoms with Crippen LogP contribution in [0.3, 0.4) is 0 Å². The van der Waals surface area contributed by atoms with E-state index in [1.54, 1.807) is 25.3 Å². The lowest BCUT2D eigenvalue weighted by Gasteiger charge is -2.25. The van der Waals surface area contributed by atoms with E-state index in [2.05, 4.69) is 4.99 Å². The summed E-state index contributed by atoms with van der Waals surface area (Å²) >= 11 is 1.30. The first-order chi connectivity index (χ1) is 19.8. The van der Waals surface area contributed by atoms with Gasteiger partial charge >= 0.3 is 5.97 Å². The Balaban J connectivity index is 1.51. The van der Waals surface area contributed by atoms with Gasteiger partial charge in [-0.2, -0.15) is 0 Å². The zero-order chi connectivity index (χ0) is 28.9. The largest absolute Gasteiger partial charge is 0.494 e. The molecule has 0 radical (unpaired) electrons. The highest BCUT2D eigenvalue weighted by atomic mass is 32.1. The summed E-state index contributed by atoms with van der Waals surface area (Å²) in [6.07, 6.45) is 1.53. The van der Waals surface area contributed by atoms with Gasteiger partial charge < -0.3 is 14.2 Å². The molecule has 41 heavy (non-hydrogen) atoms. The van der Waals surface area contributed by atoms with Crippen LogP contribution in [0.15, 0.2) is 99.9 Å². The van der Waals surface area contributed by atoms with E-state index in [-0.39, 0.29) is 11.7 Å². The van der Waals surface area contributed by atoms with Crippen molar-refractivity contribution in [3.05, 3.63) is 127 Å². The van der Waals surface area contributed by atoms with Crippen LogP contribution in [0.2, 0.25) is 0 Å². The average Bonchev–Trinajstić information content (AvgIpc) is 3.26. The number of carbonyl (C=O) groups is 1. The van der Waals surface area contributed by atoms with Crippen LogP contribution in [0.1, 0.15) is 50.4 Å². The van der Waals surface area contributed by atoms with Crippen LogP contribution in [0.25, 0.3) is 6.08 Å². The smallest absolute Gasteiger partial charge is 0.338 e. The van der Waals surface area contributed by atoms with Gasteiger partial charge in [-0.05, 0) is 74.7 Å². The molecule has 1 aliphatic rings. The number of hydrogen-bond donors (Lipinski definition) is 0. The van der Waals surface area contributed by atoms with Gasteiger partial charge in [0.2, 0.25) is 0 Å². The number of benzene rings is 3. The Labute approximate surface area is 242 Å². The number of nitrogens with zero attached hydrogens (tertiary/aromatic N) is 2. The van der Waals surface area contributed by atoms with Crippen molar-refractivity contribution in [2.24, 2.45) is 4.99 Å². The van der Waals surface area contributed by atoms with E-state index in [1.165, 1.54) is 11.3 Å². The molecular weight excluding hydrogens is 536 g/mol. The van der Waals surface area contributed by atoms with Gasteiger partial charge in [-0.1, -0.05) is 65.9 Å². The summed E-state index contributed by atoms with van der Waals surface area (Å²) in [7, 11) is 0. The van der Waals surface area contributed by atoms with Crippen molar-refractivity contribution in [3.8, 4) is 11.5 Å². The number of esters is 1. The number of thiazole rings is 1. The third kappa shape index (κ3) is 6.33. The standard InChI is InChI=1S/C33H32N2O5S/c1-5-38-26-17-13-25(14-18-26)30-29(32(37)40-21(2)3)22(4)34-33-35(30)31(36)28(41-33)19-23-11-15-27(16-12-23)39-20-24-9-7-6-8-10-24/h6-19,21,30H,5,20H2,1-4H3/b28-19+/t30-/m1/s1. The molecule has 0 saturated heterocycles. The molecule has 0 aliphatic carbocycles. The summed E-state index contributed by atoms with van der Waals surface area (Å²) in [5.41, 5.74) is 3.37. The quantitative estimate of drug-likeness (QED) is 0.261. The number of hydrogen-bond acceptors (Lipinski definition) is 7. The number of aromatic nitrogens is 1. The van der Waals surface area contributed by atoms with Crippen molar-refractivity contribution in [1.29, 1.82) is 0 Å². The van der Waals surface area contributed by atoms with Crippen molar-refractivity contribution < 1.29 is 19.0 Å². The highest BCUT2D eigenvalue weighted by Crippen LogP contribution is 2.32. The minimum atomic E-state index is -0.677. The summed E-state index contributed by atoms with van der Waals surface area (Å²) in [6, 6.07) is 24.3. The minimum Gasteiger partial charge on any atom is -0.494 e. The second kappa shape index (κ2) is 12.4. The fourth-order valence-corrected chi connectivity index (χ4v) is 5.69. The van der Waals surface area contributed by atoms with E-state index < -0.39 is 12.0 Å².